The van der Waals surface area contributed by atoms with Gasteiger partial charge in [0.05, 0.1) is 0 Å². The summed E-state index contributed by atoms with van der Waals surface area (Å²) in [5.41, 5.74) is 15.7. The molecule has 0 heterocycles. The second-order valence-corrected chi connectivity index (χ2v) is 3.53. The van der Waals surface area contributed by atoms with Crippen LogP contribution in [0.2, 0.25) is 0 Å². The Morgan fingerprint density at radius 2 is 1.80 bits per heavy atom. The third-order valence-corrected chi connectivity index (χ3v) is 1.82. The summed E-state index contributed by atoms with van der Waals surface area (Å²) in [6, 6.07) is -0.474. The highest BCUT2D eigenvalue weighted by molar-refractivity contribution is 5.94. The van der Waals surface area contributed by atoms with E-state index >= 15 is 0 Å². The van der Waals surface area contributed by atoms with E-state index in [1.807, 2.05) is 13.8 Å². The zero-order valence-electron chi connectivity index (χ0n) is 9.40. The Bertz CT molecular complexity index is 278. The van der Waals surface area contributed by atoms with Crippen LogP contribution in [0.15, 0.2) is 9.98 Å². The summed E-state index contributed by atoms with van der Waals surface area (Å²) in [4.78, 5) is 19.0. The molecule has 1 atom stereocenters. The first kappa shape index (κ1) is 13.4. The number of nitrogens with two attached hydrogens (primary N) is 3. The van der Waals surface area contributed by atoms with Gasteiger partial charge >= 0.3 is 0 Å². The van der Waals surface area contributed by atoms with Crippen molar-refractivity contribution in [1.29, 1.82) is 0 Å². The molecule has 6 N–H and O–H groups in total. The maximum Gasteiger partial charge on any atom is 0.219 e. The molecule has 0 saturated carbocycles. The number of nitrogens with zero attached hydrogens (tertiary/aromatic N) is 2. The molecule has 0 aromatic carbocycles. The van der Waals surface area contributed by atoms with E-state index in [0.29, 0.717) is 6.42 Å². The smallest absolute Gasteiger partial charge is 0.219 e. The summed E-state index contributed by atoms with van der Waals surface area (Å²) < 4.78 is 0. The number of Topliss-reactive ketones (excluding diaryl/α,β-unsaturated/α-hetero) is 1. The molecule has 86 valence electrons. The van der Waals surface area contributed by atoms with Gasteiger partial charge in [-0.25, -0.2) is 4.99 Å². The van der Waals surface area contributed by atoms with Crippen molar-refractivity contribution in [3.8, 4) is 0 Å². The average molecular weight is 213 g/mol. The first-order valence-electron chi connectivity index (χ1n) is 4.84. The van der Waals surface area contributed by atoms with Crippen LogP contribution >= 0.6 is 0 Å². The Kier molecular flexibility index (Phi) is 5.36. The Hall–Kier alpha value is -1.59. The van der Waals surface area contributed by atoms with Crippen molar-refractivity contribution in [3.05, 3.63) is 0 Å². The molecule has 0 aliphatic carbocycles. The quantitative estimate of drug-likeness (QED) is 0.433. The van der Waals surface area contributed by atoms with Gasteiger partial charge in [0, 0.05) is 6.42 Å². The van der Waals surface area contributed by atoms with Crippen molar-refractivity contribution >= 4 is 17.7 Å². The van der Waals surface area contributed by atoms with Gasteiger partial charge in [0.25, 0.3) is 0 Å². The minimum Gasteiger partial charge on any atom is -0.370 e. The van der Waals surface area contributed by atoms with Gasteiger partial charge in [0.15, 0.2) is 11.7 Å². The zero-order valence-corrected chi connectivity index (χ0v) is 9.40. The molecule has 0 rings (SSSR count). The topological polar surface area (TPSA) is 120 Å². The lowest BCUT2D eigenvalue weighted by Gasteiger charge is -2.14. The number of rotatable bonds is 4. The molecule has 0 saturated heterocycles. The number of carbonyl (C=O) groups is 1. The van der Waals surface area contributed by atoms with Crippen LogP contribution in [0.25, 0.3) is 0 Å². The lowest BCUT2D eigenvalue weighted by molar-refractivity contribution is -0.120. The van der Waals surface area contributed by atoms with Crippen molar-refractivity contribution in [1.82, 2.24) is 0 Å². The summed E-state index contributed by atoms with van der Waals surface area (Å²) in [6.45, 7) is 5.57. The number of guanidine groups is 2. The predicted molar refractivity (Wildman–Crippen MR) is 61.4 cm³/mol. The van der Waals surface area contributed by atoms with Crippen molar-refractivity contribution in [2.75, 3.05) is 0 Å². The van der Waals surface area contributed by atoms with Crippen LogP contribution in [0.4, 0.5) is 0 Å². The van der Waals surface area contributed by atoms with Crippen molar-refractivity contribution in [3.63, 3.8) is 0 Å². The molecule has 0 spiro atoms. The van der Waals surface area contributed by atoms with Crippen LogP contribution in [-0.2, 0) is 4.79 Å². The van der Waals surface area contributed by atoms with Crippen LogP contribution in [0.3, 0.4) is 0 Å². The molecule has 0 aliphatic heterocycles. The van der Waals surface area contributed by atoms with Crippen LogP contribution in [0, 0.1) is 5.92 Å². The molecule has 0 aromatic rings. The monoisotopic (exact) mass is 213 g/mol. The van der Waals surface area contributed by atoms with Crippen molar-refractivity contribution in [2.45, 2.75) is 33.2 Å². The number of carbonyl (C=O) groups excluding carboxylic acids is 1. The molecule has 15 heavy (non-hydrogen) atoms. The molecular formula is C9H19N5O. The maximum atomic E-state index is 11.5. The first-order valence-corrected chi connectivity index (χ1v) is 4.84. The number of ketones is 1. The summed E-state index contributed by atoms with van der Waals surface area (Å²) >= 11 is 0. The van der Waals surface area contributed by atoms with Gasteiger partial charge in [0.2, 0.25) is 5.96 Å². The van der Waals surface area contributed by atoms with E-state index in [1.165, 1.54) is 0 Å². The normalized spacial score (nSPS) is 13.7. The van der Waals surface area contributed by atoms with Crippen molar-refractivity contribution in [2.24, 2.45) is 33.1 Å². The van der Waals surface area contributed by atoms with Gasteiger partial charge < -0.3 is 17.2 Å². The lowest BCUT2D eigenvalue weighted by atomic mass is 9.99. The third-order valence-electron chi connectivity index (χ3n) is 1.82. The number of hydrogen-bond donors (Lipinski definition) is 3. The zero-order chi connectivity index (χ0) is 12.0. The van der Waals surface area contributed by atoms with Gasteiger partial charge in [-0.3, -0.25) is 4.79 Å². The summed E-state index contributed by atoms with van der Waals surface area (Å²) in [6.07, 6.45) is 0.418. The number of hydrogen-bond acceptors (Lipinski definition) is 2. The molecule has 0 bridgehead atoms. The molecule has 6 heteroatoms. The van der Waals surface area contributed by atoms with Crippen LogP contribution in [-0.4, -0.2) is 23.7 Å². The van der Waals surface area contributed by atoms with Crippen LogP contribution < -0.4 is 17.2 Å². The van der Waals surface area contributed by atoms with Crippen LogP contribution in [0.5, 0.6) is 0 Å². The Morgan fingerprint density at radius 3 is 2.13 bits per heavy atom. The fourth-order valence-electron chi connectivity index (χ4n) is 1.11. The predicted octanol–water partition coefficient (Wildman–Crippen LogP) is -0.422. The van der Waals surface area contributed by atoms with E-state index in [2.05, 4.69) is 9.98 Å². The minimum atomic E-state index is -0.474. The van der Waals surface area contributed by atoms with E-state index < -0.39 is 6.04 Å². The molecule has 0 aromatic heterocycles. The second-order valence-electron chi connectivity index (χ2n) is 3.53. The SMILES string of the molecule is CCC(=O)C(N=C(N)N=C(N)N)C(C)C. The summed E-state index contributed by atoms with van der Waals surface area (Å²) in [5, 5.41) is 0. The molecule has 0 amide bonds. The highest BCUT2D eigenvalue weighted by atomic mass is 16.1. The third kappa shape index (κ3) is 4.99. The average Bonchev–Trinajstić information content (AvgIpc) is 2.11. The molecule has 0 aliphatic rings. The highest BCUT2D eigenvalue weighted by Crippen LogP contribution is 2.09. The van der Waals surface area contributed by atoms with Gasteiger partial charge in [-0.05, 0) is 5.92 Å². The van der Waals surface area contributed by atoms with E-state index in [9.17, 15) is 4.79 Å². The molecular weight excluding hydrogens is 194 g/mol. The van der Waals surface area contributed by atoms with Crippen molar-refractivity contribution < 1.29 is 4.79 Å². The van der Waals surface area contributed by atoms with Crippen LogP contribution in [0.1, 0.15) is 27.2 Å². The number of aliphatic imine (C=N–C) groups is 2. The molecule has 0 radical (unpaired) electrons. The molecule has 1 unspecified atom stereocenters. The Labute approximate surface area is 89.6 Å². The Balaban J connectivity index is 4.82. The van der Waals surface area contributed by atoms with Gasteiger partial charge in [-0.1, -0.05) is 20.8 Å². The largest absolute Gasteiger partial charge is 0.370 e. The van der Waals surface area contributed by atoms with Gasteiger partial charge in [-0.15, -0.1) is 0 Å². The fraction of sp³-hybridized carbons (Fsp3) is 0.667. The summed E-state index contributed by atoms with van der Waals surface area (Å²) in [5.74, 6) is -0.123. The van der Waals surface area contributed by atoms with E-state index in [1.54, 1.807) is 6.92 Å². The Morgan fingerprint density at radius 1 is 1.27 bits per heavy atom. The molecule has 0 fully saturated rings. The highest BCUT2D eigenvalue weighted by Gasteiger charge is 2.19. The van der Waals surface area contributed by atoms with Gasteiger partial charge in [0.1, 0.15) is 6.04 Å². The first-order chi connectivity index (χ1) is 6.88. The fourth-order valence-corrected chi connectivity index (χ4v) is 1.11. The van der Waals surface area contributed by atoms with E-state index in [0.717, 1.165) is 0 Å². The molecule has 6 nitrogen and oxygen atoms in total. The standard InChI is InChI=1S/C9H19N5O/c1-4-6(15)7(5(2)3)13-9(12)14-8(10)11/h5,7H,4H2,1-3H3,(H6,10,11,12,13,14). The minimum absolute atomic E-state index is 0.0266. The van der Waals surface area contributed by atoms with E-state index in [4.69, 9.17) is 17.2 Å². The van der Waals surface area contributed by atoms with E-state index in [-0.39, 0.29) is 23.6 Å². The second kappa shape index (κ2) is 6.00. The summed E-state index contributed by atoms with van der Waals surface area (Å²) in [7, 11) is 0. The lowest BCUT2D eigenvalue weighted by Crippen LogP contribution is -2.30. The maximum absolute atomic E-state index is 11.5. The van der Waals surface area contributed by atoms with Gasteiger partial charge in [-0.2, -0.15) is 4.99 Å².